The van der Waals surface area contributed by atoms with Crippen LogP contribution in [0.2, 0.25) is 0 Å². The summed E-state index contributed by atoms with van der Waals surface area (Å²) >= 11 is 0. The van der Waals surface area contributed by atoms with Crippen LogP contribution in [0.25, 0.3) is 0 Å². The Bertz CT molecular complexity index is 606. The maximum absolute atomic E-state index is 13.4. The van der Waals surface area contributed by atoms with E-state index in [1.165, 1.54) is 4.74 Å². The van der Waals surface area contributed by atoms with Gasteiger partial charge >= 0.3 is 36.5 Å². The third-order valence-electron chi connectivity index (χ3n) is 2.08. The molecule has 1 N–H and O–H groups in total. The molecule has 2 unspecified atom stereocenters. The zero-order valence-electron chi connectivity index (χ0n) is 11.1. The Labute approximate surface area is 133 Å². The number of hydrogen-bond donors (Lipinski definition) is 1. The molecule has 19 heteroatoms. The minimum atomic E-state index is -7.46. The van der Waals surface area contributed by atoms with Crippen molar-refractivity contribution in [2.24, 2.45) is 0 Å². The molecule has 0 aliphatic rings. The summed E-state index contributed by atoms with van der Waals surface area (Å²) in [4.78, 5) is 0. The van der Waals surface area contributed by atoms with E-state index in [9.17, 15) is 65.5 Å². The van der Waals surface area contributed by atoms with Gasteiger partial charge in [0.25, 0.3) is 10.1 Å². The fraction of sp³-hybridized carbons (Fsp3) is 1.00. The van der Waals surface area contributed by atoms with Crippen LogP contribution in [-0.4, -0.2) is 55.3 Å². The highest BCUT2D eigenvalue weighted by Crippen LogP contribution is 2.52. The number of rotatable bonds is 6. The minimum Gasteiger partial charge on any atom is -0.285 e. The van der Waals surface area contributed by atoms with Gasteiger partial charge in [-0.1, -0.05) is 0 Å². The Morgan fingerprint density at radius 1 is 0.692 bits per heavy atom. The molecule has 0 saturated heterocycles. The molecule has 0 saturated carbocycles. The molecular weight excluding hydrogens is 443 g/mol. The van der Waals surface area contributed by atoms with Crippen molar-refractivity contribution >= 4 is 10.1 Å². The van der Waals surface area contributed by atoms with Gasteiger partial charge in [0.05, 0.1) is 0 Å². The Balaban J connectivity index is 6.30. The van der Waals surface area contributed by atoms with Crippen LogP contribution in [0, 0.1) is 0 Å². The normalized spacial score (nSPS) is 19.8. The molecule has 0 spiro atoms. The van der Waals surface area contributed by atoms with E-state index in [0.717, 1.165) is 0 Å². The average molecular weight is 446 g/mol. The van der Waals surface area contributed by atoms with Gasteiger partial charge in [-0.25, -0.2) is 9.13 Å². The van der Waals surface area contributed by atoms with E-state index in [-0.39, 0.29) is 0 Å². The van der Waals surface area contributed by atoms with Crippen LogP contribution in [0.3, 0.4) is 0 Å². The molecule has 0 aromatic rings. The molecule has 26 heavy (non-hydrogen) atoms. The number of hydrogen-bond acceptors (Lipinski definition) is 4. The summed E-state index contributed by atoms with van der Waals surface area (Å²) in [5.41, 5.74) is 0. The lowest BCUT2D eigenvalue weighted by Crippen LogP contribution is -2.64. The summed E-state index contributed by atoms with van der Waals surface area (Å²) in [5.74, 6) is -17.5. The van der Waals surface area contributed by atoms with Crippen LogP contribution in [0.4, 0.5) is 57.1 Å². The lowest BCUT2D eigenvalue weighted by atomic mass is 10.2. The molecule has 0 heterocycles. The lowest BCUT2D eigenvalue weighted by Gasteiger charge is -2.37. The highest BCUT2D eigenvalue weighted by atomic mass is 32.2. The second-order valence-corrected chi connectivity index (χ2v) is 5.66. The Morgan fingerprint density at radius 2 is 1.08 bits per heavy atom. The van der Waals surface area contributed by atoms with Crippen LogP contribution in [-0.2, 0) is 19.6 Å². The molecule has 158 valence electrons. The Kier molecular flexibility index (Phi) is 6.24. The first-order valence-corrected chi connectivity index (χ1v) is 6.79. The third-order valence-corrected chi connectivity index (χ3v) is 2.81. The predicted octanol–water partition coefficient (Wildman–Crippen LogP) is 3.48. The van der Waals surface area contributed by atoms with E-state index in [1.54, 1.807) is 0 Å². The van der Waals surface area contributed by atoms with E-state index >= 15 is 0 Å². The highest BCUT2D eigenvalue weighted by molar-refractivity contribution is 7.85. The Morgan fingerprint density at radius 3 is 1.31 bits per heavy atom. The first-order chi connectivity index (χ1) is 10.9. The van der Waals surface area contributed by atoms with Gasteiger partial charge in [0.1, 0.15) is 5.75 Å². The van der Waals surface area contributed by atoms with E-state index < -0.39 is 52.4 Å². The summed E-state index contributed by atoms with van der Waals surface area (Å²) < 4.78 is 193. The molecule has 0 aliphatic carbocycles. The van der Waals surface area contributed by atoms with Crippen LogP contribution in [0.5, 0.6) is 0 Å². The monoisotopic (exact) mass is 446 g/mol. The molecule has 0 aliphatic heterocycles. The van der Waals surface area contributed by atoms with Gasteiger partial charge in [0.15, 0.2) is 0 Å². The molecule has 0 bridgehead atoms. The topological polar surface area (TPSA) is 72.8 Å². The first kappa shape index (κ1) is 24.9. The molecule has 0 radical (unpaired) electrons. The summed E-state index contributed by atoms with van der Waals surface area (Å²) in [7, 11) is -6.27. The van der Waals surface area contributed by atoms with Crippen molar-refractivity contribution in [2.45, 2.75) is 36.5 Å². The van der Waals surface area contributed by atoms with E-state index in [2.05, 4.69) is 0 Å². The standard InChI is InChI=1S/C7H3F13O5S/c8-2(4(10,11)12,1-26(21,22)23)24-6(16,17)3(9,5(13,14)15)25-7(18,19)20/h1H2,(H,21,22,23). The predicted molar refractivity (Wildman–Crippen MR) is 49.4 cm³/mol. The van der Waals surface area contributed by atoms with Crippen LogP contribution in [0.1, 0.15) is 0 Å². The van der Waals surface area contributed by atoms with Gasteiger partial charge in [-0.3, -0.25) is 9.29 Å². The van der Waals surface area contributed by atoms with E-state index in [1.807, 2.05) is 4.74 Å². The summed E-state index contributed by atoms with van der Waals surface area (Å²) in [6.45, 7) is 0. The van der Waals surface area contributed by atoms with Crippen molar-refractivity contribution in [3.63, 3.8) is 0 Å². The molecule has 5 nitrogen and oxygen atoms in total. The maximum Gasteiger partial charge on any atom is 0.525 e. The number of halogens is 13. The minimum absolute atomic E-state index is 1.43. The summed E-state index contributed by atoms with van der Waals surface area (Å²) in [6.07, 6.45) is -28.8. The molecular formula is C7H3F13O5S. The van der Waals surface area contributed by atoms with E-state index in [0.29, 0.717) is 0 Å². The second kappa shape index (κ2) is 6.51. The van der Waals surface area contributed by atoms with Gasteiger partial charge < -0.3 is 0 Å². The molecule has 0 fully saturated rings. The number of alkyl halides is 13. The second-order valence-electron chi connectivity index (χ2n) is 4.21. The molecule has 0 aromatic heterocycles. The average Bonchev–Trinajstić information content (AvgIpc) is 2.18. The smallest absolute Gasteiger partial charge is 0.285 e. The quantitative estimate of drug-likeness (QED) is 0.500. The van der Waals surface area contributed by atoms with Crippen molar-refractivity contribution in [2.75, 3.05) is 5.75 Å². The largest absolute Gasteiger partial charge is 0.525 e. The van der Waals surface area contributed by atoms with Crippen LogP contribution < -0.4 is 0 Å². The van der Waals surface area contributed by atoms with Crippen molar-refractivity contribution in [3.05, 3.63) is 0 Å². The van der Waals surface area contributed by atoms with Gasteiger partial charge in [0.2, 0.25) is 0 Å². The molecule has 0 aromatic carbocycles. The summed E-state index contributed by atoms with van der Waals surface area (Å²) in [5, 5.41) is 0. The molecule has 2 atom stereocenters. The molecule has 0 amide bonds. The van der Waals surface area contributed by atoms with Crippen LogP contribution in [0.15, 0.2) is 0 Å². The molecule has 0 rings (SSSR count). The van der Waals surface area contributed by atoms with Crippen molar-refractivity contribution in [1.82, 2.24) is 0 Å². The van der Waals surface area contributed by atoms with Crippen LogP contribution >= 0.6 is 0 Å². The fourth-order valence-corrected chi connectivity index (χ4v) is 1.81. The van der Waals surface area contributed by atoms with Gasteiger partial charge in [0, 0.05) is 0 Å². The zero-order valence-corrected chi connectivity index (χ0v) is 11.9. The van der Waals surface area contributed by atoms with Gasteiger partial charge in [-0.15, -0.1) is 13.2 Å². The highest BCUT2D eigenvalue weighted by Gasteiger charge is 2.80. The first-order valence-electron chi connectivity index (χ1n) is 5.18. The Hall–Kier alpha value is -1.08. The van der Waals surface area contributed by atoms with Crippen molar-refractivity contribution in [3.8, 4) is 0 Å². The zero-order chi connectivity index (χ0) is 21.6. The van der Waals surface area contributed by atoms with Crippen molar-refractivity contribution in [1.29, 1.82) is 0 Å². The van der Waals surface area contributed by atoms with Gasteiger partial charge in [-0.2, -0.15) is 47.9 Å². The summed E-state index contributed by atoms with van der Waals surface area (Å²) in [6, 6.07) is 0. The van der Waals surface area contributed by atoms with E-state index in [4.69, 9.17) is 4.55 Å². The van der Waals surface area contributed by atoms with Crippen molar-refractivity contribution < 1.29 is 79.5 Å². The fourth-order valence-electron chi connectivity index (χ4n) is 1.11. The maximum atomic E-state index is 13.4. The lowest BCUT2D eigenvalue weighted by molar-refractivity contribution is -0.541. The SMILES string of the molecule is O=S(=O)(O)CC(F)(OC(F)(F)C(F)(OC(F)(F)F)C(F)(F)F)C(F)(F)F. The number of ether oxygens (including phenoxy) is 2. The van der Waals surface area contributed by atoms with Gasteiger partial charge in [-0.05, 0) is 0 Å². The third kappa shape index (κ3) is 5.71.